The molecule has 1 amide bonds. The van der Waals surface area contributed by atoms with Crippen molar-refractivity contribution in [2.24, 2.45) is 0 Å². The summed E-state index contributed by atoms with van der Waals surface area (Å²) in [6.07, 6.45) is -0.600. The van der Waals surface area contributed by atoms with Crippen LogP contribution in [-0.2, 0) is 11.3 Å². The number of ketones is 1. The molecular formula is C21H17NO3. The van der Waals surface area contributed by atoms with Gasteiger partial charge in [-0.15, -0.1) is 0 Å². The van der Waals surface area contributed by atoms with E-state index < -0.39 is 6.09 Å². The average Bonchev–Trinajstić information content (AvgIpc) is 2.68. The van der Waals surface area contributed by atoms with E-state index in [4.69, 9.17) is 4.74 Å². The third kappa shape index (κ3) is 4.32. The molecule has 1 N–H and O–H groups in total. The number of hydrogen-bond donors (Lipinski definition) is 1. The van der Waals surface area contributed by atoms with Gasteiger partial charge in [-0.3, -0.25) is 10.1 Å². The summed E-state index contributed by atoms with van der Waals surface area (Å²) in [6, 6.07) is 25.2. The minimum absolute atomic E-state index is 0.153. The van der Waals surface area contributed by atoms with E-state index in [0.29, 0.717) is 16.8 Å². The Morgan fingerprint density at radius 1 is 0.760 bits per heavy atom. The second-order valence-electron chi connectivity index (χ2n) is 5.43. The lowest BCUT2D eigenvalue weighted by Gasteiger charge is -2.11. The van der Waals surface area contributed by atoms with Gasteiger partial charge in [0.2, 0.25) is 0 Å². The Balaban J connectivity index is 1.70. The molecule has 3 aromatic carbocycles. The number of carbonyl (C=O) groups is 2. The van der Waals surface area contributed by atoms with E-state index in [9.17, 15) is 9.59 Å². The highest BCUT2D eigenvalue weighted by molar-refractivity contribution is 6.13. The van der Waals surface area contributed by atoms with Crippen LogP contribution in [0.25, 0.3) is 0 Å². The number of carbonyl (C=O) groups excluding carboxylic acids is 2. The largest absolute Gasteiger partial charge is 0.444 e. The van der Waals surface area contributed by atoms with Gasteiger partial charge in [-0.25, -0.2) is 4.79 Å². The molecule has 0 aromatic heterocycles. The van der Waals surface area contributed by atoms with Crippen molar-refractivity contribution in [3.63, 3.8) is 0 Å². The molecule has 0 unspecified atom stereocenters. The number of anilines is 1. The maximum Gasteiger partial charge on any atom is 0.411 e. The summed E-state index contributed by atoms with van der Waals surface area (Å²) in [6.45, 7) is 0.168. The minimum Gasteiger partial charge on any atom is -0.444 e. The molecule has 124 valence electrons. The summed E-state index contributed by atoms with van der Waals surface area (Å²) in [5, 5.41) is 2.65. The van der Waals surface area contributed by atoms with Crippen molar-refractivity contribution in [2.75, 3.05) is 5.32 Å². The molecule has 0 fully saturated rings. The van der Waals surface area contributed by atoms with Gasteiger partial charge in [0, 0.05) is 11.1 Å². The summed E-state index contributed by atoms with van der Waals surface area (Å²) in [4.78, 5) is 24.7. The van der Waals surface area contributed by atoms with Crippen LogP contribution in [0.3, 0.4) is 0 Å². The smallest absolute Gasteiger partial charge is 0.411 e. The maximum atomic E-state index is 12.6. The first kappa shape index (κ1) is 16.5. The molecule has 4 nitrogen and oxygen atoms in total. The second kappa shape index (κ2) is 7.93. The number of benzene rings is 3. The van der Waals surface area contributed by atoms with Gasteiger partial charge >= 0.3 is 6.09 Å². The van der Waals surface area contributed by atoms with Crippen molar-refractivity contribution in [2.45, 2.75) is 6.61 Å². The summed E-state index contributed by atoms with van der Waals surface area (Å²) < 4.78 is 5.21. The van der Waals surface area contributed by atoms with Gasteiger partial charge in [0.1, 0.15) is 6.61 Å². The van der Waals surface area contributed by atoms with Gasteiger partial charge < -0.3 is 4.74 Å². The van der Waals surface area contributed by atoms with E-state index in [0.717, 1.165) is 5.56 Å². The molecule has 0 aliphatic carbocycles. The zero-order chi connectivity index (χ0) is 17.5. The van der Waals surface area contributed by atoms with Crippen LogP contribution >= 0.6 is 0 Å². The third-order valence-electron chi connectivity index (χ3n) is 3.66. The van der Waals surface area contributed by atoms with Crippen LogP contribution < -0.4 is 5.32 Å². The topological polar surface area (TPSA) is 55.4 Å². The van der Waals surface area contributed by atoms with Gasteiger partial charge in [0.25, 0.3) is 0 Å². The fourth-order valence-electron chi connectivity index (χ4n) is 2.40. The number of nitrogens with one attached hydrogen (secondary N) is 1. The molecule has 4 heteroatoms. The van der Waals surface area contributed by atoms with E-state index >= 15 is 0 Å². The van der Waals surface area contributed by atoms with Gasteiger partial charge in [-0.05, 0) is 17.7 Å². The predicted molar refractivity (Wildman–Crippen MR) is 96.6 cm³/mol. The average molecular weight is 331 g/mol. The van der Waals surface area contributed by atoms with E-state index in [-0.39, 0.29) is 12.4 Å². The summed E-state index contributed by atoms with van der Waals surface area (Å²) in [5.74, 6) is -0.153. The van der Waals surface area contributed by atoms with Gasteiger partial charge in [-0.2, -0.15) is 0 Å². The monoisotopic (exact) mass is 331 g/mol. The fraction of sp³-hybridized carbons (Fsp3) is 0.0476. The first-order valence-electron chi connectivity index (χ1n) is 7.90. The Kier molecular flexibility index (Phi) is 5.22. The molecular weight excluding hydrogens is 314 g/mol. The number of rotatable bonds is 5. The SMILES string of the molecule is O=C(Nc1ccccc1C(=O)c1ccccc1)OCc1ccccc1. The molecule has 0 heterocycles. The molecule has 3 rings (SSSR count). The maximum absolute atomic E-state index is 12.6. The van der Waals surface area contributed by atoms with Crippen LogP contribution in [0.5, 0.6) is 0 Å². The zero-order valence-corrected chi connectivity index (χ0v) is 13.5. The molecule has 0 saturated heterocycles. The Hall–Kier alpha value is -3.40. The molecule has 0 atom stereocenters. The van der Waals surface area contributed by atoms with Crippen LogP contribution in [0.15, 0.2) is 84.9 Å². The van der Waals surface area contributed by atoms with Gasteiger partial charge in [0.15, 0.2) is 5.78 Å². The van der Waals surface area contributed by atoms with Crippen molar-refractivity contribution in [3.05, 3.63) is 102 Å². The van der Waals surface area contributed by atoms with Crippen molar-refractivity contribution in [3.8, 4) is 0 Å². The molecule has 0 radical (unpaired) electrons. The van der Waals surface area contributed by atoms with Crippen molar-refractivity contribution < 1.29 is 14.3 Å². The molecule has 0 bridgehead atoms. The van der Waals surface area contributed by atoms with Crippen LogP contribution in [0.4, 0.5) is 10.5 Å². The molecule has 0 aliphatic rings. The van der Waals surface area contributed by atoms with Crippen molar-refractivity contribution >= 4 is 17.6 Å². The van der Waals surface area contributed by atoms with Crippen LogP contribution in [0.1, 0.15) is 21.5 Å². The van der Waals surface area contributed by atoms with Gasteiger partial charge in [-0.1, -0.05) is 72.8 Å². The molecule has 0 saturated carbocycles. The standard InChI is InChI=1S/C21H17NO3/c23-20(17-11-5-2-6-12-17)18-13-7-8-14-19(18)22-21(24)25-15-16-9-3-1-4-10-16/h1-14H,15H2,(H,22,24). The first-order valence-corrected chi connectivity index (χ1v) is 7.90. The van der Waals surface area contributed by atoms with E-state index in [1.165, 1.54) is 0 Å². The lowest BCUT2D eigenvalue weighted by atomic mass is 10.0. The number of hydrogen-bond acceptors (Lipinski definition) is 3. The van der Waals surface area contributed by atoms with Gasteiger partial charge in [0.05, 0.1) is 5.69 Å². The Morgan fingerprint density at radius 2 is 1.36 bits per heavy atom. The summed E-state index contributed by atoms with van der Waals surface area (Å²) >= 11 is 0. The normalized spacial score (nSPS) is 10.1. The molecule has 0 aliphatic heterocycles. The lowest BCUT2D eigenvalue weighted by Crippen LogP contribution is -2.16. The number of ether oxygens (including phenoxy) is 1. The highest BCUT2D eigenvalue weighted by atomic mass is 16.5. The molecule has 0 spiro atoms. The third-order valence-corrected chi connectivity index (χ3v) is 3.66. The number of para-hydroxylation sites is 1. The number of amides is 1. The van der Waals surface area contributed by atoms with Crippen LogP contribution in [-0.4, -0.2) is 11.9 Å². The van der Waals surface area contributed by atoms with Crippen molar-refractivity contribution in [1.82, 2.24) is 0 Å². The van der Waals surface area contributed by atoms with E-state index in [1.54, 1.807) is 48.5 Å². The van der Waals surface area contributed by atoms with Crippen molar-refractivity contribution in [1.29, 1.82) is 0 Å². The lowest BCUT2D eigenvalue weighted by molar-refractivity contribution is 0.103. The first-order chi connectivity index (χ1) is 12.2. The summed E-state index contributed by atoms with van der Waals surface area (Å²) in [5.41, 5.74) is 2.31. The highest BCUT2D eigenvalue weighted by Crippen LogP contribution is 2.19. The second-order valence-corrected chi connectivity index (χ2v) is 5.43. The van der Waals surface area contributed by atoms with Crippen LogP contribution in [0.2, 0.25) is 0 Å². The van der Waals surface area contributed by atoms with Crippen LogP contribution in [0, 0.1) is 0 Å². The van der Waals surface area contributed by atoms with E-state index in [1.807, 2.05) is 36.4 Å². The Morgan fingerprint density at radius 3 is 2.08 bits per heavy atom. The Bertz CT molecular complexity index is 861. The van der Waals surface area contributed by atoms with E-state index in [2.05, 4.69) is 5.32 Å². The molecule has 3 aromatic rings. The summed E-state index contributed by atoms with van der Waals surface area (Å²) in [7, 11) is 0. The zero-order valence-electron chi connectivity index (χ0n) is 13.5. The molecule has 25 heavy (non-hydrogen) atoms. The Labute approximate surface area is 146 Å². The fourth-order valence-corrected chi connectivity index (χ4v) is 2.40. The predicted octanol–water partition coefficient (Wildman–Crippen LogP) is 4.67. The highest BCUT2D eigenvalue weighted by Gasteiger charge is 2.15. The quantitative estimate of drug-likeness (QED) is 0.691. The minimum atomic E-state index is -0.600.